The number of pyridine rings is 1. The normalized spacial score (nSPS) is 20.4. The van der Waals surface area contributed by atoms with Crippen LogP contribution in [-0.4, -0.2) is 81.9 Å². The van der Waals surface area contributed by atoms with E-state index in [4.69, 9.17) is 0 Å². The molecule has 4 heterocycles. The van der Waals surface area contributed by atoms with Gasteiger partial charge in [-0.3, -0.25) is 14.6 Å². The van der Waals surface area contributed by atoms with Crippen molar-refractivity contribution in [3.63, 3.8) is 0 Å². The lowest BCUT2D eigenvalue weighted by atomic mass is 9.96. The van der Waals surface area contributed by atoms with Gasteiger partial charge in [0.1, 0.15) is 5.82 Å². The Balaban J connectivity index is 1.23. The second-order valence-corrected chi connectivity index (χ2v) is 12.3. The number of carbonyl (C=O) groups is 2. The first-order valence-electron chi connectivity index (χ1n) is 14.8. The maximum atomic E-state index is 14.4. The van der Waals surface area contributed by atoms with Gasteiger partial charge >= 0.3 is 0 Å². The maximum Gasteiger partial charge on any atom is 0.256 e. The van der Waals surface area contributed by atoms with Crippen molar-refractivity contribution in [3.05, 3.63) is 59.3 Å². The molecule has 1 atom stereocenters. The van der Waals surface area contributed by atoms with Gasteiger partial charge in [0.2, 0.25) is 5.91 Å². The standard InChI is InChI=1S/C32H40FN5O2/c1-21-16-34-17-30-31(21)25(14-24-8-11-36(19-24)18-23-9-12-37(13-10-23)22(2)39)20-38(30)29-7-4-26(33)15-28(29)32(40)35(3)27-5-6-27/h4,7,15-17,20,23-24,27H,5-6,8-14,18-19H2,1-3H3/t24-/m0/s1. The summed E-state index contributed by atoms with van der Waals surface area (Å²) in [6.45, 7) is 8.83. The molecule has 2 aliphatic heterocycles. The van der Waals surface area contributed by atoms with Gasteiger partial charge in [-0.25, -0.2) is 4.39 Å². The summed E-state index contributed by atoms with van der Waals surface area (Å²) in [5, 5.41) is 1.18. The predicted octanol–water partition coefficient (Wildman–Crippen LogP) is 4.83. The number of nitrogens with zero attached hydrogens (tertiary/aromatic N) is 5. The third kappa shape index (κ3) is 5.38. The van der Waals surface area contributed by atoms with Gasteiger partial charge in [0.05, 0.1) is 23.0 Å². The molecule has 1 aliphatic carbocycles. The van der Waals surface area contributed by atoms with Gasteiger partial charge in [-0.05, 0) is 93.2 Å². The first-order chi connectivity index (χ1) is 19.3. The number of amides is 2. The highest BCUT2D eigenvalue weighted by atomic mass is 19.1. The van der Waals surface area contributed by atoms with Crippen LogP contribution in [0.4, 0.5) is 4.39 Å². The Morgan fingerprint density at radius 3 is 2.52 bits per heavy atom. The average Bonchev–Trinajstić information content (AvgIpc) is 3.60. The third-order valence-electron chi connectivity index (χ3n) is 9.30. The molecule has 0 unspecified atom stereocenters. The highest BCUT2D eigenvalue weighted by molar-refractivity contribution is 5.99. The molecular formula is C32H40FN5O2. The highest BCUT2D eigenvalue weighted by Gasteiger charge is 2.32. The number of halogens is 1. The lowest BCUT2D eigenvalue weighted by Gasteiger charge is -2.33. The van der Waals surface area contributed by atoms with Crippen molar-refractivity contribution in [1.29, 1.82) is 0 Å². The molecule has 3 aliphatic rings. The zero-order chi connectivity index (χ0) is 28.0. The van der Waals surface area contributed by atoms with Gasteiger partial charge in [0.25, 0.3) is 5.91 Å². The molecule has 0 N–H and O–H groups in total. The molecule has 0 radical (unpaired) electrons. The summed E-state index contributed by atoms with van der Waals surface area (Å²) in [7, 11) is 1.82. The molecule has 6 rings (SSSR count). The highest BCUT2D eigenvalue weighted by Crippen LogP contribution is 2.34. The van der Waals surface area contributed by atoms with Crippen molar-refractivity contribution in [2.24, 2.45) is 11.8 Å². The number of aryl methyl sites for hydroxylation is 1. The van der Waals surface area contributed by atoms with Crippen molar-refractivity contribution in [2.75, 3.05) is 39.8 Å². The Bertz CT molecular complexity index is 1420. The molecule has 3 fully saturated rings. The number of carbonyl (C=O) groups excluding carboxylic acids is 2. The van der Waals surface area contributed by atoms with Gasteiger partial charge in [0, 0.05) is 64.0 Å². The number of fused-ring (bicyclic) bond motifs is 1. The van der Waals surface area contributed by atoms with Crippen LogP contribution in [-0.2, 0) is 11.2 Å². The zero-order valence-electron chi connectivity index (χ0n) is 23.9. The van der Waals surface area contributed by atoms with E-state index in [-0.39, 0.29) is 17.9 Å². The molecule has 1 saturated carbocycles. The number of likely N-dealkylation sites (tertiary alicyclic amines) is 2. The first-order valence-corrected chi connectivity index (χ1v) is 14.8. The molecule has 2 saturated heterocycles. The molecule has 2 aromatic heterocycles. The molecule has 2 amide bonds. The molecule has 7 nitrogen and oxygen atoms in total. The lowest BCUT2D eigenvalue weighted by molar-refractivity contribution is -0.130. The third-order valence-corrected chi connectivity index (χ3v) is 9.30. The number of hydrogen-bond acceptors (Lipinski definition) is 4. The Morgan fingerprint density at radius 1 is 1.05 bits per heavy atom. The van der Waals surface area contributed by atoms with E-state index < -0.39 is 5.82 Å². The van der Waals surface area contributed by atoms with Crippen LogP contribution in [0.5, 0.6) is 0 Å². The van der Waals surface area contributed by atoms with Crippen LogP contribution < -0.4 is 0 Å². The molecule has 0 bridgehead atoms. The van der Waals surface area contributed by atoms with Crippen LogP contribution in [0.2, 0.25) is 0 Å². The van der Waals surface area contributed by atoms with E-state index in [1.807, 2.05) is 28.9 Å². The van der Waals surface area contributed by atoms with Crippen molar-refractivity contribution in [2.45, 2.75) is 58.4 Å². The minimum Gasteiger partial charge on any atom is -0.343 e. The van der Waals surface area contributed by atoms with Gasteiger partial charge in [-0.1, -0.05) is 0 Å². The summed E-state index contributed by atoms with van der Waals surface area (Å²) in [6, 6.07) is 4.79. The van der Waals surface area contributed by atoms with Crippen LogP contribution in [0.25, 0.3) is 16.6 Å². The second-order valence-electron chi connectivity index (χ2n) is 12.3. The number of benzene rings is 1. The topological polar surface area (TPSA) is 61.7 Å². The van der Waals surface area contributed by atoms with E-state index in [0.717, 1.165) is 82.3 Å². The second kappa shape index (κ2) is 11.0. The van der Waals surface area contributed by atoms with Gasteiger partial charge in [0.15, 0.2) is 0 Å². The quantitative estimate of drug-likeness (QED) is 0.427. The SMILES string of the molecule is CC(=O)N1CCC(CN2CC[C@@H](Cc3cn(-c4ccc(F)cc4C(=O)N(C)C4CC4)c4cncc(C)c34)C2)CC1. The van der Waals surface area contributed by atoms with E-state index >= 15 is 0 Å². The number of piperidine rings is 1. The minimum atomic E-state index is -0.402. The first kappa shape index (κ1) is 26.9. The molecule has 212 valence electrons. The van der Waals surface area contributed by atoms with Crippen LogP contribution in [0.3, 0.4) is 0 Å². The van der Waals surface area contributed by atoms with Crippen LogP contribution in [0.1, 0.15) is 60.5 Å². The van der Waals surface area contributed by atoms with Gasteiger partial charge in [-0.15, -0.1) is 0 Å². The molecule has 8 heteroatoms. The summed E-state index contributed by atoms with van der Waals surface area (Å²) in [5.41, 5.74) is 4.42. The Morgan fingerprint density at radius 2 is 1.80 bits per heavy atom. The fourth-order valence-corrected chi connectivity index (χ4v) is 6.85. The summed E-state index contributed by atoms with van der Waals surface area (Å²) >= 11 is 0. The largest absolute Gasteiger partial charge is 0.343 e. The molecular weight excluding hydrogens is 505 g/mol. The van der Waals surface area contributed by atoms with Crippen molar-refractivity contribution >= 4 is 22.7 Å². The Hall–Kier alpha value is -3.26. The summed E-state index contributed by atoms with van der Waals surface area (Å²) in [6.07, 6.45) is 12.2. The van der Waals surface area contributed by atoms with Crippen LogP contribution >= 0.6 is 0 Å². The number of hydrogen-bond donors (Lipinski definition) is 0. The van der Waals surface area contributed by atoms with Crippen LogP contribution in [0, 0.1) is 24.6 Å². The smallest absolute Gasteiger partial charge is 0.256 e. The molecule has 3 aromatic rings. The van der Waals surface area contributed by atoms with Crippen molar-refractivity contribution in [3.8, 4) is 5.69 Å². The zero-order valence-corrected chi connectivity index (χ0v) is 23.9. The summed E-state index contributed by atoms with van der Waals surface area (Å²) < 4.78 is 16.5. The van der Waals surface area contributed by atoms with E-state index in [9.17, 15) is 14.0 Å². The van der Waals surface area contributed by atoms with E-state index in [0.29, 0.717) is 23.1 Å². The predicted molar refractivity (Wildman–Crippen MR) is 154 cm³/mol. The maximum absolute atomic E-state index is 14.4. The monoisotopic (exact) mass is 545 g/mol. The minimum absolute atomic E-state index is 0.137. The van der Waals surface area contributed by atoms with Gasteiger partial charge < -0.3 is 19.3 Å². The van der Waals surface area contributed by atoms with E-state index in [1.54, 1.807) is 17.9 Å². The average molecular weight is 546 g/mol. The molecule has 1 aromatic carbocycles. The molecule has 0 spiro atoms. The Kier molecular flexibility index (Phi) is 7.38. The fraction of sp³-hybridized carbons (Fsp3) is 0.531. The summed E-state index contributed by atoms with van der Waals surface area (Å²) in [4.78, 5) is 35.9. The van der Waals surface area contributed by atoms with Crippen molar-refractivity contribution in [1.82, 2.24) is 24.3 Å². The lowest BCUT2D eigenvalue weighted by Crippen LogP contribution is -2.40. The Labute approximate surface area is 235 Å². The van der Waals surface area contributed by atoms with Crippen molar-refractivity contribution < 1.29 is 14.0 Å². The fourth-order valence-electron chi connectivity index (χ4n) is 6.85. The van der Waals surface area contributed by atoms with Gasteiger partial charge in [-0.2, -0.15) is 0 Å². The number of aromatic nitrogens is 2. The number of rotatable bonds is 7. The van der Waals surface area contributed by atoms with E-state index in [2.05, 4.69) is 23.0 Å². The van der Waals surface area contributed by atoms with Crippen LogP contribution in [0.15, 0.2) is 36.8 Å². The molecule has 40 heavy (non-hydrogen) atoms. The summed E-state index contributed by atoms with van der Waals surface area (Å²) in [5.74, 6) is 0.866. The van der Waals surface area contributed by atoms with E-state index in [1.165, 1.54) is 23.1 Å².